The predicted octanol–water partition coefficient (Wildman–Crippen LogP) is 3.48. The number of hydrogen-bond acceptors (Lipinski definition) is 3. The molecule has 0 atom stereocenters. The SMILES string of the molecule is COc1ccc([N+](=O)[O-])cc1CS(C)(C)Br. The molecule has 0 aliphatic heterocycles. The van der Waals surface area contributed by atoms with E-state index in [0.29, 0.717) is 5.75 Å². The van der Waals surface area contributed by atoms with Gasteiger partial charge in [-0.2, -0.15) is 8.46 Å². The van der Waals surface area contributed by atoms with Crippen molar-refractivity contribution in [3.8, 4) is 5.75 Å². The number of hydrogen-bond donors (Lipinski definition) is 0. The average molecular weight is 308 g/mol. The normalized spacial score (nSPS) is 12.2. The second kappa shape index (κ2) is 5.05. The topological polar surface area (TPSA) is 52.4 Å². The summed E-state index contributed by atoms with van der Waals surface area (Å²) in [5, 5.41) is 10.7. The molecular formula is C10H14BrNO3S. The fourth-order valence-electron chi connectivity index (χ4n) is 1.36. The number of benzene rings is 1. The van der Waals surface area contributed by atoms with E-state index in [4.69, 9.17) is 4.74 Å². The minimum atomic E-state index is -0.942. The Morgan fingerprint density at radius 3 is 2.56 bits per heavy atom. The summed E-state index contributed by atoms with van der Waals surface area (Å²) in [7, 11) is 0.628. The zero-order valence-corrected chi connectivity index (χ0v) is 11.8. The van der Waals surface area contributed by atoms with E-state index in [1.54, 1.807) is 19.2 Å². The summed E-state index contributed by atoms with van der Waals surface area (Å²) in [6.45, 7) is 0. The first-order valence-corrected chi connectivity index (χ1v) is 9.01. The van der Waals surface area contributed by atoms with Crippen LogP contribution in [0.2, 0.25) is 0 Å². The molecule has 0 saturated carbocycles. The summed E-state index contributed by atoms with van der Waals surface area (Å²) in [6.07, 6.45) is 4.18. The lowest BCUT2D eigenvalue weighted by atomic mass is 10.2. The Morgan fingerprint density at radius 2 is 2.12 bits per heavy atom. The van der Waals surface area contributed by atoms with Crippen molar-refractivity contribution in [1.82, 2.24) is 0 Å². The van der Waals surface area contributed by atoms with Gasteiger partial charge in [-0.25, -0.2) is 0 Å². The van der Waals surface area contributed by atoms with Crippen molar-refractivity contribution >= 4 is 29.0 Å². The fraction of sp³-hybridized carbons (Fsp3) is 0.400. The minimum Gasteiger partial charge on any atom is -0.496 e. The van der Waals surface area contributed by atoms with Gasteiger partial charge in [0.15, 0.2) is 0 Å². The Morgan fingerprint density at radius 1 is 1.50 bits per heavy atom. The smallest absolute Gasteiger partial charge is 0.270 e. The molecule has 90 valence electrons. The number of rotatable bonds is 4. The summed E-state index contributed by atoms with van der Waals surface area (Å²) < 4.78 is 5.20. The number of methoxy groups -OCH3 is 1. The molecule has 0 saturated heterocycles. The van der Waals surface area contributed by atoms with Crippen molar-refractivity contribution in [3.63, 3.8) is 0 Å². The zero-order valence-electron chi connectivity index (χ0n) is 9.40. The Kier molecular flexibility index (Phi) is 4.21. The van der Waals surface area contributed by atoms with Crippen LogP contribution in [0.5, 0.6) is 5.75 Å². The first-order valence-electron chi connectivity index (χ1n) is 4.55. The van der Waals surface area contributed by atoms with Gasteiger partial charge >= 0.3 is 0 Å². The maximum absolute atomic E-state index is 10.7. The Labute approximate surface area is 104 Å². The summed E-state index contributed by atoms with van der Waals surface area (Å²) >= 11 is 3.60. The molecule has 0 amide bonds. The molecular weight excluding hydrogens is 294 g/mol. The van der Waals surface area contributed by atoms with Crippen LogP contribution in [0.4, 0.5) is 5.69 Å². The van der Waals surface area contributed by atoms with Crippen LogP contribution in [0.1, 0.15) is 5.56 Å². The molecule has 0 fully saturated rings. The van der Waals surface area contributed by atoms with E-state index in [-0.39, 0.29) is 10.6 Å². The van der Waals surface area contributed by atoms with Crippen molar-refractivity contribution < 1.29 is 9.66 Å². The minimum absolute atomic E-state index is 0.104. The highest BCUT2D eigenvalue weighted by molar-refractivity contribution is 9.57. The van der Waals surface area contributed by atoms with Crippen molar-refractivity contribution in [2.24, 2.45) is 0 Å². The third kappa shape index (κ3) is 3.68. The van der Waals surface area contributed by atoms with Gasteiger partial charge in [0.2, 0.25) is 0 Å². The third-order valence-corrected chi connectivity index (χ3v) is 3.66. The molecule has 0 aliphatic rings. The van der Waals surface area contributed by atoms with Gasteiger partial charge in [-0.15, -0.1) is 0 Å². The molecule has 1 aromatic carbocycles. The van der Waals surface area contributed by atoms with E-state index in [1.165, 1.54) is 6.07 Å². The zero-order chi connectivity index (χ0) is 12.3. The quantitative estimate of drug-likeness (QED) is 0.632. The monoisotopic (exact) mass is 307 g/mol. The van der Waals surface area contributed by atoms with Crippen LogP contribution in [0.25, 0.3) is 0 Å². The van der Waals surface area contributed by atoms with Crippen LogP contribution in [0.15, 0.2) is 18.2 Å². The molecule has 0 heterocycles. The van der Waals surface area contributed by atoms with Crippen molar-refractivity contribution in [1.29, 1.82) is 0 Å². The molecule has 0 bridgehead atoms. The molecule has 0 aromatic heterocycles. The predicted molar refractivity (Wildman–Crippen MR) is 71.7 cm³/mol. The van der Waals surface area contributed by atoms with Gasteiger partial charge in [0.25, 0.3) is 5.69 Å². The molecule has 0 spiro atoms. The Bertz CT molecular complexity index is 404. The van der Waals surface area contributed by atoms with E-state index in [0.717, 1.165) is 11.3 Å². The molecule has 4 nitrogen and oxygen atoms in total. The maximum Gasteiger partial charge on any atom is 0.270 e. The van der Waals surface area contributed by atoms with Crippen molar-refractivity contribution in [3.05, 3.63) is 33.9 Å². The lowest BCUT2D eigenvalue weighted by molar-refractivity contribution is -0.384. The fourth-order valence-corrected chi connectivity index (χ4v) is 3.07. The molecule has 1 rings (SSSR count). The van der Waals surface area contributed by atoms with Crippen molar-refractivity contribution in [2.45, 2.75) is 5.75 Å². The van der Waals surface area contributed by atoms with E-state index in [1.807, 2.05) is 0 Å². The highest BCUT2D eigenvalue weighted by atomic mass is 79.9. The molecule has 0 radical (unpaired) electrons. The van der Waals surface area contributed by atoms with E-state index < -0.39 is 8.46 Å². The number of ether oxygens (including phenoxy) is 1. The number of nitro groups is 1. The lowest BCUT2D eigenvalue weighted by Gasteiger charge is -2.23. The van der Waals surface area contributed by atoms with Crippen LogP contribution in [0, 0.1) is 10.1 Å². The second-order valence-corrected chi connectivity index (χ2v) is 12.2. The number of halogens is 1. The number of nitro benzene ring substituents is 1. The van der Waals surface area contributed by atoms with Gasteiger partial charge in [0.05, 0.1) is 12.0 Å². The average Bonchev–Trinajstić information content (AvgIpc) is 2.15. The van der Waals surface area contributed by atoms with Gasteiger partial charge in [-0.1, -0.05) is 0 Å². The van der Waals surface area contributed by atoms with E-state index in [9.17, 15) is 10.1 Å². The summed E-state index contributed by atoms with van der Waals surface area (Å²) in [4.78, 5) is 10.3. The standard InChI is InChI=1S/C10H14BrNO3S/c1-15-10-5-4-9(12(13)14)6-8(10)7-16(2,3)11/h4-6H,7H2,1-3H3. The van der Waals surface area contributed by atoms with Crippen LogP contribution in [-0.2, 0) is 5.75 Å². The van der Waals surface area contributed by atoms with E-state index in [2.05, 4.69) is 27.3 Å². The van der Waals surface area contributed by atoms with E-state index >= 15 is 0 Å². The molecule has 1 aromatic rings. The second-order valence-electron chi connectivity index (χ2n) is 3.80. The summed E-state index contributed by atoms with van der Waals surface area (Å²) in [5.41, 5.74) is 0.973. The van der Waals surface area contributed by atoms with Crippen LogP contribution < -0.4 is 4.74 Å². The molecule has 16 heavy (non-hydrogen) atoms. The number of nitrogens with zero attached hydrogens (tertiary/aromatic N) is 1. The number of non-ortho nitro benzene ring substituents is 1. The molecule has 0 unspecified atom stereocenters. The van der Waals surface area contributed by atoms with Gasteiger partial charge in [-0.3, -0.25) is 10.1 Å². The highest BCUT2D eigenvalue weighted by Gasteiger charge is 2.16. The first-order chi connectivity index (χ1) is 7.33. The largest absolute Gasteiger partial charge is 0.496 e. The molecule has 6 heteroatoms. The molecule has 0 aliphatic carbocycles. The van der Waals surface area contributed by atoms with Crippen LogP contribution in [0.3, 0.4) is 0 Å². The van der Waals surface area contributed by atoms with Crippen molar-refractivity contribution in [2.75, 3.05) is 19.6 Å². The van der Waals surface area contributed by atoms with Gasteiger partial charge in [-0.05, 0) is 33.4 Å². The summed E-state index contributed by atoms with van der Waals surface area (Å²) in [6, 6.07) is 4.68. The first kappa shape index (κ1) is 13.3. The summed E-state index contributed by atoms with van der Waals surface area (Å²) in [5.74, 6) is 1.45. The maximum atomic E-state index is 10.7. The van der Waals surface area contributed by atoms with Gasteiger partial charge in [0, 0.05) is 23.4 Å². The van der Waals surface area contributed by atoms with Gasteiger partial charge < -0.3 is 4.74 Å². The van der Waals surface area contributed by atoms with Crippen LogP contribution >= 0.6 is 23.3 Å². The van der Waals surface area contributed by atoms with Crippen LogP contribution in [-0.4, -0.2) is 24.5 Å². The Hall–Kier alpha value is -0.750. The third-order valence-electron chi connectivity index (χ3n) is 1.97. The highest BCUT2D eigenvalue weighted by Crippen LogP contribution is 2.52. The van der Waals surface area contributed by atoms with Gasteiger partial charge in [0.1, 0.15) is 5.75 Å². The molecule has 0 N–H and O–H groups in total. The Balaban J connectivity index is 3.12. The lowest BCUT2D eigenvalue weighted by Crippen LogP contribution is -1.98.